The number of anilines is 1. The Kier molecular flexibility index (Phi) is 5.55. The molecule has 0 spiro atoms. The summed E-state index contributed by atoms with van der Waals surface area (Å²) in [5.41, 5.74) is 0.682. The number of fused-ring (bicyclic) bond motifs is 1. The first-order valence-electron chi connectivity index (χ1n) is 11.0. The summed E-state index contributed by atoms with van der Waals surface area (Å²) >= 11 is 7.83. The van der Waals surface area contributed by atoms with Gasteiger partial charge >= 0.3 is 0 Å². The van der Waals surface area contributed by atoms with Crippen LogP contribution in [0.3, 0.4) is 0 Å². The van der Waals surface area contributed by atoms with E-state index in [4.69, 9.17) is 11.6 Å². The second-order valence-electron chi connectivity index (χ2n) is 8.75. The molecule has 6 nitrogen and oxygen atoms in total. The van der Waals surface area contributed by atoms with E-state index < -0.39 is 5.54 Å². The predicted molar refractivity (Wildman–Crippen MR) is 127 cm³/mol. The topological polar surface area (TPSA) is 67.2 Å². The fourth-order valence-corrected chi connectivity index (χ4v) is 5.60. The van der Waals surface area contributed by atoms with E-state index in [0.29, 0.717) is 16.4 Å². The number of nitrogens with one attached hydrogen (secondary N) is 1. The van der Waals surface area contributed by atoms with E-state index in [-0.39, 0.29) is 24.4 Å². The zero-order valence-electron chi connectivity index (χ0n) is 17.9. The third-order valence-electron chi connectivity index (χ3n) is 6.42. The maximum absolute atomic E-state index is 13.8. The fraction of sp³-hybridized carbons (Fsp3) is 0.375. The zero-order valence-corrected chi connectivity index (χ0v) is 19.5. The van der Waals surface area contributed by atoms with Gasteiger partial charge in [0.1, 0.15) is 16.9 Å². The molecule has 0 radical (unpaired) electrons. The molecule has 3 aromatic rings. The number of hydrogen-bond donors (Lipinski definition) is 1. The van der Waals surface area contributed by atoms with Crippen LogP contribution in [0.1, 0.15) is 49.5 Å². The van der Waals surface area contributed by atoms with Gasteiger partial charge in [0.15, 0.2) is 0 Å². The van der Waals surface area contributed by atoms with Crippen LogP contribution in [0.25, 0.3) is 10.6 Å². The summed E-state index contributed by atoms with van der Waals surface area (Å²) in [7, 11) is 0. The van der Waals surface area contributed by atoms with Crippen molar-refractivity contribution in [2.24, 2.45) is 0 Å². The number of carbonyl (C=O) groups excluding carboxylic acids is 2. The van der Waals surface area contributed by atoms with Crippen molar-refractivity contribution < 1.29 is 9.59 Å². The number of rotatable bonds is 4. The molecule has 8 heteroatoms. The van der Waals surface area contributed by atoms with Gasteiger partial charge in [-0.2, -0.15) is 5.10 Å². The van der Waals surface area contributed by atoms with Crippen LogP contribution in [0.15, 0.2) is 47.8 Å². The Morgan fingerprint density at radius 2 is 2.00 bits per heavy atom. The molecule has 32 heavy (non-hydrogen) atoms. The zero-order chi connectivity index (χ0) is 22.3. The lowest BCUT2D eigenvalue weighted by atomic mass is 9.91. The molecule has 2 aliphatic rings. The molecule has 0 bridgehead atoms. The average Bonchev–Trinajstić information content (AvgIpc) is 3.44. The van der Waals surface area contributed by atoms with Gasteiger partial charge in [0.05, 0.1) is 11.4 Å². The average molecular weight is 469 g/mol. The van der Waals surface area contributed by atoms with Crippen LogP contribution >= 0.6 is 22.9 Å². The maximum Gasteiger partial charge on any atom is 0.277 e. The standard InChI is InChI=1S/C24H25ClN4O2S/c1-24(23(31)26-17-8-3-2-4-9-17)15-28-20(14-19(27-28)21-11-6-12-32-21)22(30)29(24)18-10-5-7-16(25)13-18/h5-7,10-14,17H,2-4,8-9,15H2,1H3,(H,26,31)/t24-/m0/s1. The summed E-state index contributed by atoms with van der Waals surface area (Å²) in [6.45, 7) is 2.09. The number of amides is 2. The Morgan fingerprint density at radius 3 is 2.72 bits per heavy atom. The number of benzene rings is 1. The van der Waals surface area contributed by atoms with Crippen molar-refractivity contribution in [2.75, 3.05) is 4.90 Å². The Labute approximate surface area is 196 Å². The monoisotopic (exact) mass is 468 g/mol. The molecule has 3 heterocycles. The molecule has 5 rings (SSSR count). The first-order valence-corrected chi connectivity index (χ1v) is 12.2. The molecule has 2 aromatic heterocycles. The van der Waals surface area contributed by atoms with E-state index in [1.54, 1.807) is 39.1 Å². The third-order valence-corrected chi connectivity index (χ3v) is 7.55. The van der Waals surface area contributed by atoms with Gasteiger partial charge in [0.2, 0.25) is 5.91 Å². The van der Waals surface area contributed by atoms with Crippen molar-refractivity contribution >= 4 is 40.4 Å². The van der Waals surface area contributed by atoms with Gasteiger partial charge in [-0.15, -0.1) is 11.3 Å². The molecule has 1 saturated carbocycles. The van der Waals surface area contributed by atoms with Gasteiger partial charge in [-0.1, -0.05) is 43.0 Å². The Bertz CT molecular complexity index is 1150. The normalized spacial score (nSPS) is 21.4. The van der Waals surface area contributed by atoms with Crippen LogP contribution in [-0.2, 0) is 11.3 Å². The van der Waals surface area contributed by atoms with Crippen LogP contribution in [-0.4, -0.2) is 33.2 Å². The Morgan fingerprint density at radius 1 is 1.19 bits per heavy atom. The summed E-state index contributed by atoms with van der Waals surface area (Å²) in [6, 6.07) is 13.0. The van der Waals surface area contributed by atoms with Gasteiger partial charge in [-0.3, -0.25) is 19.2 Å². The van der Waals surface area contributed by atoms with Crippen LogP contribution in [0.5, 0.6) is 0 Å². The molecule has 1 N–H and O–H groups in total. The van der Waals surface area contributed by atoms with Gasteiger partial charge < -0.3 is 5.32 Å². The molecule has 1 aliphatic heterocycles. The molecule has 166 valence electrons. The van der Waals surface area contributed by atoms with Crippen LogP contribution in [0.4, 0.5) is 5.69 Å². The highest BCUT2D eigenvalue weighted by molar-refractivity contribution is 7.13. The minimum absolute atomic E-state index is 0.144. The van der Waals surface area contributed by atoms with E-state index in [1.165, 1.54) is 6.42 Å². The van der Waals surface area contributed by atoms with Gasteiger partial charge in [-0.25, -0.2) is 0 Å². The van der Waals surface area contributed by atoms with Crippen molar-refractivity contribution in [1.82, 2.24) is 15.1 Å². The molecular weight excluding hydrogens is 444 g/mol. The lowest BCUT2D eigenvalue weighted by molar-refractivity contribution is -0.127. The summed E-state index contributed by atoms with van der Waals surface area (Å²) in [6.07, 6.45) is 5.39. The van der Waals surface area contributed by atoms with Gasteiger partial charge in [-0.05, 0) is 55.5 Å². The number of carbonyl (C=O) groups is 2. The van der Waals surface area contributed by atoms with E-state index in [0.717, 1.165) is 36.3 Å². The minimum atomic E-state index is -1.13. The van der Waals surface area contributed by atoms with Crippen molar-refractivity contribution in [2.45, 2.75) is 57.2 Å². The third kappa shape index (κ3) is 3.73. The van der Waals surface area contributed by atoms with Gasteiger partial charge in [0, 0.05) is 16.8 Å². The summed E-state index contributed by atoms with van der Waals surface area (Å²) in [4.78, 5) is 30.0. The second-order valence-corrected chi connectivity index (χ2v) is 10.1. The first-order chi connectivity index (χ1) is 15.5. The number of hydrogen-bond acceptors (Lipinski definition) is 4. The highest BCUT2D eigenvalue weighted by Crippen LogP contribution is 2.36. The molecular formula is C24H25ClN4O2S. The van der Waals surface area contributed by atoms with Crippen molar-refractivity contribution in [3.63, 3.8) is 0 Å². The highest BCUT2D eigenvalue weighted by atomic mass is 35.5. The molecule has 1 aromatic carbocycles. The largest absolute Gasteiger partial charge is 0.351 e. The number of nitrogens with zero attached hydrogens (tertiary/aromatic N) is 3. The summed E-state index contributed by atoms with van der Waals surface area (Å²) in [5, 5.41) is 10.4. The minimum Gasteiger partial charge on any atom is -0.351 e. The quantitative estimate of drug-likeness (QED) is 0.577. The number of aromatic nitrogens is 2. The van der Waals surface area contributed by atoms with E-state index in [1.807, 2.05) is 36.6 Å². The maximum atomic E-state index is 13.8. The lowest BCUT2D eigenvalue weighted by Crippen LogP contribution is -2.65. The van der Waals surface area contributed by atoms with Crippen molar-refractivity contribution in [3.8, 4) is 10.6 Å². The van der Waals surface area contributed by atoms with Crippen LogP contribution in [0, 0.1) is 0 Å². The van der Waals surface area contributed by atoms with E-state index >= 15 is 0 Å². The Hall–Kier alpha value is -2.64. The molecule has 1 atom stereocenters. The molecule has 1 aliphatic carbocycles. The van der Waals surface area contributed by atoms with Crippen LogP contribution in [0.2, 0.25) is 5.02 Å². The van der Waals surface area contributed by atoms with Crippen molar-refractivity contribution in [3.05, 3.63) is 58.6 Å². The fourth-order valence-electron chi connectivity index (χ4n) is 4.73. The van der Waals surface area contributed by atoms with Gasteiger partial charge in [0.25, 0.3) is 5.91 Å². The predicted octanol–water partition coefficient (Wildman–Crippen LogP) is 5.13. The Balaban J connectivity index is 1.56. The number of halogens is 1. The van der Waals surface area contributed by atoms with E-state index in [9.17, 15) is 9.59 Å². The molecule has 2 amide bonds. The smallest absolute Gasteiger partial charge is 0.277 e. The summed E-state index contributed by atoms with van der Waals surface area (Å²) in [5.74, 6) is -0.410. The highest BCUT2D eigenvalue weighted by Gasteiger charge is 2.49. The van der Waals surface area contributed by atoms with E-state index in [2.05, 4.69) is 10.4 Å². The lowest BCUT2D eigenvalue weighted by Gasteiger charge is -2.44. The molecule has 0 saturated heterocycles. The van der Waals surface area contributed by atoms with Crippen molar-refractivity contribution in [1.29, 1.82) is 0 Å². The second kappa shape index (κ2) is 8.37. The SMILES string of the molecule is C[C@@]1(C(=O)NC2CCCCC2)Cn2nc(-c3cccs3)cc2C(=O)N1c1cccc(Cl)c1. The molecule has 1 fully saturated rings. The van der Waals surface area contributed by atoms with Crippen LogP contribution < -0.4 is 10.2 Å². The first kappa shape index (κ1) is 21.2. The molecule has 0 unspecified atom stereocenters. The summed E-state index contributed by atoms with van der Waals surface area (Å²) < 4.78 is 1.68. The number of thiophene rings is 1.